The Bertz CT molecular complexity index is 500. The van der Waals surface area contributed by atoms with Crippen LogP contribution >= 0.6 is 0 Å². The molecule has 1 unspecified atom stereocenters. The highest BCUT2D eigenvalue weighted by atomic mass is 16.3. The molecule has 0 saturated carbocycles. The van der Waals surface area contributed by atoms with Crippen molar-refractivity contribution in [3.8, 4) is 0 Å². The standard InChI is InChI=1S/C12H18N4O/c1-4-16-8-10(7-13-16)6-12(17)11-5-9(2)14-15(11)3/h5,7-8,12,17H,4,6H2,1-3H3. The molecule has 0 aliphatic rings. The molecule has 0 bridgehead atoms. The fraction of sp³-hybridized carbons (Fsp3) is 0.500. The first-order valence-corrected chi connectivity index (χ1v) is 5.80. The Kier molecular flexibility index (Phi) is 3.28. The maximum absolute atomic E-state index is 10.2. The van der Waals surface area contributed by atoms with E-state index in [0.29, 0.717) is 6.42 Å². The predicted octanol–water partition coefficient (Wildman–Crippen LogP) is 1.22. The summed E-state index contributed by atoms with van der Waals surface area (Å²) in [5.74, 6) is 0. The molecule has 0 aliphatic carbocycles. The van der Waals surface area contributed by atoms with Crippen LogP contribution in [0.5, 0.6) is 0 Å². The molecule has 92 valence electrons. The lowest BCUT2D eigenvalue weighted by Crippen LogP contribution is -2.07. The number of aliphatic hydroxyl groups excluding tert-OH is 1. The molecule has 0 spiro atoms. The van der Waals surface area contributed by atoms with E-state index in [1.165, 1.54) is 0 Å². The SMILES string of the molecule is CCn1cc(CC(O)c2cc(C)nn2C)cn1. The largest absolute Gasteiger partial charge is 0.386 e. The van der Waals surface area contributed by atoms with E-state index in [2.05, 4.69) is 10.2 Å². The summed E-state index contributed by atoms with van der Waals surface area (Å²) in [5.41, 5.74) is 2.80. The highest BCUT2D eigenvalue weighted by molar-refractivity contribution is 5.15. The summed E-state index contributed by atoms with van der Waals surface area (Å²) in [5, 5.41) is 18.6. The van der Waals surface area contributed by atoms with Gasteiger partial charge in [-0.25, -0.2) is 0 Å². The van der Waals surface area contributed by atoms with Gasteiger partial charge in [-0.15, -0.1) is 0 Å². The highest BCUT2D eigenvalue weighted by Crippen LogP contribution is 2.18. The van der Waals surface area contributed by atoms with Crippen molar-refractivity contribution in [3.05, 3.63) is 35.4 Å². The normalized spacial score (nSPS) is 12.9. The molecule has 5 nitrogen and oxygen atoms in total. The van der Waals surface area contributed by atoms with E-state index in [-0.39, 0.29) is 0 Å². The zero-order valence-corrected chi connectivity index (χ0v) is 10.5. The molecule has 2 aromatic rings. The summed E-state index contributed by atoms with van der Waals surface area (Å²) in [7, 11) is 1.85. The van der Waals surface area contributed by atoms with Crippen molar-refractivity contribution in [1.82, 2.24) is 19.6 Å². The Morgan fingerprint density at radius 2 is 2.24 bits per heavy atom. The first-order chi connectivity index (χ1) is 8.10. The van der Waals surface area contributed by atoms with Gasteiger partial charge in [0.1, 0.15) is 0 Å². The van der Waals surface area contributed by atoms with Crippen LogP contribution in [0.15, 0.2) is 18.5 Å². The summed E-state index contributed by atoms with van der Waals surface area (Å²) < 4.78 is 3.58. The van der Waals surface area contributed by atoms with Gasteiger partial charge in [-0.3, -0.25) is 9.36 Å². The third-order valence-electron chi connectivity index (χ3n) is 2.82. The van der Waals surface area contributed by atoms with Gasteiger partial charge >= 0.3 is 0 Å². The molecule has 1 N–H and O–H groups in total. The van der Waals surface area contributed by atoms with E-state index in [0.717, 1.165) is 23.5 Å². The van der Waals surface area contributed by atoms with Gasteiger partial charge in [0, 0.05) is 26.2 Å². The Morgan fingerprint density at radius 3 is 2.76 bits per heavy atom. The molecule has 2 aromatic heterocycles. The van der Waals surface area contributed by atoms with Gasteiger partial charge in [0.15, 0.2) is 0 Å². The topological polar surface area (TPSA) is 55.9 Å². The summed E-state index contributed by atoms with van der Waals surface area (Å²) in [6.07, 6.45) is 3.80. The van der Waals surface area contributed by atoms with Crippen molar-refractivity contribution in [2.45, 2.75) is 32.9 Å². The van der Waals surface area contributed by atoms with E-state index in [1.807, 2.05) is 37.8 Å². The van der Waals surface area contributed by atoms with Crippen LogP contribution in [0.4, 0.5) is 0 Å². The second kappa shape index (κ2) is 4.71. The molecule has 0 aromatic carbocycles. The number of hydrogen-bond donors (Lipinski definition) is 1. The zero-order valence-electron chi connectivity index (χ0n) is 10.5. The third-order valence-corrected chi connectivity index (χ3v) is 2.82. The molecular weight excluding hydrogens is 216 g/mol. The molecule has 2 heterocycles. The Hall–Kier alpha value is -1.62. The minimum atomic E-state index is -0.532. The maximum Gasteiger partial charge on any atom is 0.0997 e. The van der Waals surface area contributed by atoms with Crippen molar-refractivity contribution in [2.75, 3.05) is 0 Å². The van der Waals surface area contributed by atoms with Gasteiger partial charge in [0.05, 0.1) is 23.7 Å². The van der Waals surface area contributed by atoms with Gasteiger partial charge in [0.25, 0.3) is 0 Å². The van der Waals surface area contributed by atoms with Crippen LogP contribution in [0.1, 0.15) is 30.0 Å². The third kappa shape index (κ3) is 2.55. The van der Waals surface area contributed by atoms with Crippen LogP contribution in [0, 0.1) is 6.92 Å². The smallest absolute Gasteiger partial charge is 0.0997 e. The summed E-state index contributed by atoms with van der Waals surface area (Å²) in [4.78, 5) is 0. The first kappa shape index (κ1) is 11.9. The molecule has 0 saturated heterocycles. The lowest BCUT2D eigenvalue weighted by Gasteiger charge is -2.09. The minimum absolute atomic E-state index is 0.532. The lowest BCUT2D eigenvalue weighted by molar-refractivity contribution is 0.168. The Morgan fingerprint density at radius 1 is 1.47 bits per heavy atom. The van der Waals surface area contributed by atoms with E-state index in [4.69, 9.17) is 0 Å². The average molecular weight is 234 g/mol. The van der Waals surface area contributed by atoms with Gasteiger partial charge in [-0.2, -0.15) is 10.2 Å². The van der Waals surface area contributed by atoms with E-state index >= 15 is 0 Å². The molecule has 0 fully saturated rings. The van der Waals surface area contributed by atoms with Crippen molar-refractivity contribution >= 4 is 0 Å². The van der Waals surface area contributed by atoms with Crippen LogP contribution in [0.2, 0.25) is 0 Å². The Balaban J connectivity index is 2.11. The van der Waals surface area contributed by atoms with Gasteiger partial charge in [-0.1, -0.05) is 0 Å². The quantitative estimate of drug-likeness (QED) is 0.865. The number of aliphatic hydroxyl groups is 1. The van der Waals surface area contributed by atoms with E-state index < -0.39 is 6.10 Å². The van der Waals surface area contributed by atoms with Crippen LogP contribution in [0.3, 0.4) is 0 Å². The number of hydrogen-bond acceptors (Lipinski definition) is 3. The fourth-order valence-electron chi connectivity index (χ4n) is 1.96. The monoisotopic (exact) mass is 234 g/mol. The van der Waals surface area contributed by atoms with Gasteiger partial charge in [-0.05, 0) is 25.5 Å². The average Bonchev–Trinajstić information content (AvgIpc) is 2.85. The molecular formula is C12H18N4O. The lowest BCUT2D eigenvalue weighted by atomic mass is 10.1. The molecule has 2 rings (SSSR count). The van der Waals surface area contributed by atoms with Crippen LogP contribution < -0.4 is 0 Å². The summed E-state index contributed by atoms with van der Waals surface area (Å²) in [6.45, 7) is 4.81. The maximum atomic E-state index is 10.2. The van der Waals surface area contributed by atoms with Gasteiger partial charge in [0.2, 0.25) is 0 Å². The molecule has 0 aliphatic heterocycles. The van der Waals surface area contributed by atoms with E-state index in [9.17, 15) is 5.11 Å². The van der Waals surface area contributed by atoms with Crippen LogP contribution in [0.25, 0.3) is 0 Å². The second-order valence-corrected chi connectivity index (χ2v) is 4.26. The number of rotatable bonds is 4. The van der Waals surface area contributed by atoms with Crippen molar-refractivity contribution in [3.63, 3.8) is 0 Å². The van der Waals surface area contributed by atoms with E-state index in [1.54, 1.807) is 10.9 Å². The number of aryl methyl sites for hydroxylation is 3. The number of aromatic nitrogens is 4. The van der Waals surface area contributed by atoms with Gasteiger partial charge < -0.3 is 5.11 Å². The molecule has 0 amide bonds. The van der Waals surface area contributed by atoms with Crippen molar-refractivity contribution in [2.24, 2.45) is 7.05 Å². The van der Waals surface area contributed by atoms with Crippen LogP contribution in [-0.2, 0) is 20.0 Å². The molecule has 0 radical (unpaired) electrons. The Labute approximate surface area is 101 Å². The highest BCUT2D eigenvalue weighted by Gasteiger charge is 2.14. The van der Waals surface area contributed by atoms with Crippen molar-refractivity contribution < 1.29 is 5.11 Å². The summed E-state index contributed by atoms with van der Waals surface area (Å²) in [6, 6.07) is 1.91. The second-order valence-electron chi connectivity index (χ2n) is 4.26. The predicted molar refractivity (Wildman–Crippen MR) is 64.5 cm³/mol. The summed E-state index contributed by atoms with van der Waals surface area (Å²) >= 11 is 0. The molecule has 17 heavy (non-hydrogen) atoms. The minimum Gasteiger partial charge on any atom is -0.386 e. The van der Waals surface area contributed by atoms with Crippen molar-refractivity contribution in [1.29, 1.82) is 0 Å². The zero-order chi connectivity index (χ0) is 12.4. The first-order valence-electron chi connectivity index (χ1n) is 5.80. The number of nitrogens with zero attached hydrogens (tertiary/aromatic N) is 4. The van der Waals surface area contributed by atoms with Crippen LogP contribution in [-0.4, -0.2) is 24.7 Å². The molecule has 5 heteroatoms. The molecule has 1 atom stereocenters. The fourth-order valence-corrected chi connectivity index (χ4v) is 1.96.